The highest BCUT2D eigenvalue weighted by Crippen LogP contribution is 2.18. The van der Waals surface area contributed by atoms with Crippen LogP contribution in [0.3, 0.4) is 0 Å². The first kappa shape index (κ1) is 17.4. The summed E-state index contributed by atoms with van der Waals surface area (Å²) in [6, 6.07) is 12.1. The molecule has 5 nitrogen and oxygen atoms in total. The van der Waals surface area contributed by atoms with Gasteiger partial charge in [-0.2, -0.15) is 0 Å². The Morgan fingerprint density at radius 1 is 1.32 bits per heavy atom. The molecule has 0 spiro atoms. The molecule has 0 saturated carbocycles. The Hall–Kier alpha value is -2.47. The summed E-state index contributed by atoms with van der Waals surface area (Å²) in [6.07, 6.45) is 3.20. The number of anilines is 2. The summed E-state index contributed by atoms with van der Waals surface area (Å²) >= 11 is 0. The molecule has 3 rings (SSSR count). The van der Waals surface area contributed by atoms with Gasteiger partial charge >= 0.3 is 0 Å². The molecule has 0 aliphatic carbocycles. The van der Waals surface area contributed by atoms with Crippen molar-refractivity contribution in [3.05, 3.63) is 54.5 Å². The van der Waals surface area contributed by atoms with E-state index in [1.807, 2.05) is 25.1 Å². The van der Waals surface area contributed by atoms with Crippen LogP contribution < -0.4 is 15.5 Å². The Labute approximate surface area is 147 Å². The van der Waals surface area contributed by atoms with Crippen LogP contribution in [-0.4, -0.2) is 36.1 Å². The molecule has 132 valence electrons. The first-order chi connectivity index (χ1) is 12.1. The topological polar surface area (TPSA) is 57.3 Å². The second-order valence-corrected chi connectivity index (χ2v) is 6.45. The maximum atomic E-state index is 12.9. The summed E-state index contributed by atoms with van der Waals surface area (Å²) < 4.78 is 12.9. The van der Waals surface area contributed by atoms with Gasteiger partial charge in [0, 0.05) is 43.5 Å². The Bertz CT molecular complexity index is 692. The van der Waals surface area contributed by atoms with Gasteiger partial charge in [0.05, 0.1) is 0 Å². The van der Waals surface area contributed by atoms with Crippen molar-refractivity contribution < 1.29 is 9.18 Å². The van der Waals surface area contributed by atoms with E-state index in [2.05, 4.69) is 20.5 Å². The van der Waals surface area contributed by atoms with E-state index in [0.29, 0.717) is 18.2 Å². The smallest absolute Gasteiger partial charge is 0.225 e. The van der Waals surface area contributed by atoms with Gasteiger partial charge in [-0.05, 0) is 49.7 Å². The zero-order valence-electron chi connectivity index (χ0n) is 14.3. The zero-order valence-corrected chi connectivity index (χ0v) is 14.3. The summed E-state index contributed by atoms with van der Waals surface area (Å²) in [5.74, 6) is 0.603. The Kier molecular flexibility index (Phi) is 5.60. The number of halogens is 1. The van der Waals surface area contributed by atoms with Gasteiger partial charge in [-0.1, -0.05) is 6.07 Å². The minimum atomic E-state index is -0.313. The van der Waals surface area contributed by atoms with Crippen LogP contribution in [0, 0.1) is 5.82 Å². The maximum absolute atomic E-state index is 12.9. The molecule has 2 heterocycles. The average molecular weight is 342 g/mol. The molecule has 1 fully saturated rings. The van der Waals surface area contributed by atoms with E-state index in [1.165, 1.54) is 12.1 Å². The number of aromatic nitrogens is 1. The summed E-state index contributed by atoms with van der Waals surface area (Å²) in [7, 11) is 0. The Morgan fingerprint density at radius 2 is 2.12 bits per heavy atom. The van der Waals surface area contributed by atoms with Crippen molar-refractivity contribution in [2.45, 2.75) is 31.8 Å². The maximum Gasteiger partial charge on any atom is 0.225 e. The lowest BCUT2D eigenvalue weighted by Crippen LogP contribution is -2.40. The second-order valence-electron chi connectivity index (χ2n) is 6.45. The van der Waals surface area contributed by atoms with E-state index in [9.17, 15) is 9.18 Å². The second kappa shape index (κ2) is 8.07. The van der Waals surface area contributed by atoms with Crippen molar-refractivity contribution >= 4 is 17.4 Å². The van der Waals surface area contributed by atoms with Crippen LogP contribution >= 0.6 is 0 Å². The summed E-state index contributed by atoms with van der Waals surface area (Å²) in [6.45, 7) is 3.86. The van der Waals surface area contributed by atoms with E-state index in [0.717, 1.165) is 25.3 Å². The summed E-state index contributed by atoms with van der Waals surface area (Å²) in [5.41, 5.74) is 0.612. The molecule has 1 aromatic heterocycles. The molecule has 0 radical (unpaired) electrons. The quantitative estimate of drug-likeness (QED) is 0.848. The minimum Gasteiger partial charge on any atom is -0.355 e. The predicted molar refractivity (Wildman–Crippen MR) is 97.1 cm³/mol. The number of carbonyl (C=O) groups is 1. The van der Waals surface area contributed by atoms with Gasteiger partial charge in [-0.15, -0.1) is 0 Å². The van der Waals surface area contributed by atoms with Crippen LogP contribution in [0.4, 0.5) is 15.9 Å². The van der Waals surface area contributed by atoms with Crippen molar-refractivity contribution in [2.75, 3.05) is 23.3 Å². The minimum absolute atomic E-state index is 0.0640. The standard InChI is InChI=1S/C19H23FN4O/c1-14(12-19(25)23-16-7-5-15(20)6-8-16)22-17-9-11-24(13-17)18-4-2-3-10-21-18/h2-8,10,14,17,22H,9,11-13H2,1H3,(H,23,25)/t14-,17+/m1/s1. The fraction of sp³-hybridized carbons (Fsp3) is 0.368. The number of amides is 1. The van der Waals surface area contributed by atoms with Gasteiger partial charge in [0.1, 0.15) is 11.6 Å². The highest BCUT2D eigenvalue weighted by Gasteiger charge is 2.24. The molecule has 2 atom stereocenters. The number of benzene rings is 1. The third kappa shape index (κ3) is 5.00. The number of nitrogens with one attached hydrogen (secondary N) is 2. The van der Waals surface area contributed by atoms with Gasteiger partial charge in [-0.25, -0.2) is 9.37 Å². The first-order valence-electron chi connectivity index (χ1n) is 8.57. The van der Waals surface area contributed by atoms with Crippen LogP contribution in [0.2, 0.25) is 0 Å². The van der Waals surface area contributed by atoms with Crippen LogP contribution in [-0.2, 0) is 4.79 Å². The monoisotopic (exact) mass is 342 g/mol. The fourth-order valence-electron chi connectivity index (χ4n) is 3.13. The number of hydrogen-bond donors (Lipinski definition) is 2. The van der Waals surface area contributed by atoms with E-state index >= 15 is 0 Å². The molecule has 1 aliphatic rings. The number of pyridine rings is 1. The van der Waals surface area contributed by atoms with Gasteiger partial charge < -0.3 is 15.5 Å². The number of carbonyl (C=O) groups excluding carboxylic acids is 1. The third-order valence-electron chi connectivity index (χ3n) is 4.30. The van der Waals surface area contributed by atoms with E-state index < -0.39 is 0 Å². The fourth-order valence-corrected chi connectivity index (χ4v) is 3.13. The number of rotatable bonds is 6. The van der Waals surface area contributed by atoms with E-state index in [1.54, 1.807) is 18.3 Å². The average Bonchev–Trinajstić information content (AvgIpc) is 3.06. The highest BCUT2D eigenvalue weighted by molar-refractivity contribution is 5.91. The van der Waals surface area contributed by atoms with Gasteiger partial charge in [0.2, 0.25) is 5.91 Å². The molecule has 6 heteroatoms. The molecule has 25 heavy (non-hydrogen) atoms. The van der Waals surface area contributed by atoms with Crippen LogP contribution in [0.1, 0.15) is 19.8 Å². The molecule has 2 aromatic rings. The van der Waals surface area contributed by atoms with Crippen LogP contribution in [0.25, 0.3) is 0 Å². The molecule has 2 N–H and O–H groups in total. The SMILES string of the molecule is C[C@H](CC(=O)Nc1ccc(F)cc1)N[C@H]1CCN(c2ccccn2)C1. The molecule has 1 amide bonds. The van der Waals surface area contributed by atoms with Crippen LogP contribution in [0.15, 0.2) is 48.7 Å². The molecule has 0 unspecified atom stereocenters. The summed E-state index contributed by atoms with van der Waals surface area (Å²) in [4.78, 5) is 18.7. The highest BCUT2D eigenvalue weighted by atomic mass is 19.1. The zero-order chi connectivity index (χ0) is 17.6. The van der Waals surface area contributed by atoms with Crippen molar-refractivity contribution in [3.63, 3.8) is 0 Å². The van der Waals surface area contributed by atoms with E-state index in [4.69, 9.17) is 0 Å². The number of nitrogens with zero attached hydrogens (tertiary/aromatic N) is 2. The van der Waals surface area contributed by atoms with Gasteiger partial charge in [0.25, 0.3) is 0 Å². The van der Waals surface area contributed by atoms with Gasteiger partial charge in [0.15, 0.2) is 0 Å². The Balaban J connectivity index is 1.44. The summed E-state index contributed by atoms with van der Waals surface area (Å²) in [5, 5.41) is 6.31. The lowest BCUT2D eigenvalue weighted by atomic mass is 10.1. The molecular formula is C19H23FN4O. The molecule has 1 aliphatic heterocycles. The molecule has 1 aromatic carbocycles. The molecular weight excluding hydrogens is 319 g/mol. The van der Waals surface area contributed by atoms with Crippen molar-refractivity contribution in [3.8, 4) is 0 Å². The third-order valence-corrected chi connectivity index (χ3v) is 4.30. The van der Waals surface area contributed by atoms with Gasteiger partial charge in [-0.3, -0.25) is 4.79 Å². The molecule has 0 bridgehead atoms. The van der Waals surface area contributed by atoms with E-state index in [-0.39, 0.29) is 17.8 Å². The van der Waals surface area contributed by atoms with Crippen molar-refractivity contribution in [2.24, 2.45) is 0 Å². The number of hydrogen-bond acceptors (Lipinski definition) is 4. The van der Waals surface area contributed by atoms with Crippen LogP contribution in [0.5, 0.6) is 0 Å². The first-order valence-corrected chi connectivity index (χ1v) is 8.57. The normalized spacial score (nSPS) is 18.2. The van der Waals surface area contributed by atoms with Crippen molar-refractivity contribution in [1.29, 1.82) is 0 Å². The molecule has 1 saturated heterocycles. The largest absolute Gasteiger partial charge is 0.355 e. The predicted octanol–water partition coefficient (Wildman–Crippen LogP) is 2.81. The lowest BCUT2D eigenvalue weighted by Gasteiger charge is -2.21. The Morgan fingerprint density at radius 3 is 2.84 bits per heavy atom. The van der Waals surface area contributed by atoms with Crippen molar-refractivity contribution in [1.82, 2.24) is 10.3 Å². The lowest BCUT2D eigenvalue weighted by molar-refractivity contribution is -0.116.